The zero-order valence-corrected chi connectivity index (χ0v) is 16.3. The first-order valence-corrected chi connectivity index (χ1v) is 8.81. The standard InChI is InChI=1S/C19H25NO9/c1-10(22)20-16-18(25)17(24)14(9-21)29-19(16)28-12-6-4-11(8-13(12)26-2)5-7-15(23)27-3/h4-8,14,16-19,21,24-25H,9H2,1-3H3,(H,20,22)/b7-5+/t14-,16+,17+,18+,19-/m0/s1. The van der Waals surface area contributed by atoms with Crippen LogP contribution in [-0.2, 0) is 19.1 Å². The lowest BCUT2D eigenvalue weighted by molar-refractivity contribution is -0.244. The number of esters is 1. The van der Waals surface area contributed by atoms with Crippen molar-refractivity contribution < 1.29 is 43.9 Å². The van der Waals surface area contributed by atoms with Crippen molar-refractivity contribution in [3.63, 3.8) is 0 Å². The minimum absolute atomic E-state index is 0.225. The van der Waals surface area contributed by atoms with Gasteiger partial charge in [0.25, 0.3) is 0 Å². The van der Waals surface area contributed by atoms with E-state index in [0.29, 0.717) is 11.3 Å². The smallest absolute Gasteiger partial charge is 0.330 e. The van der Waals surface area contributed by atoms with E-state index >= 15 is 0 Å². The normalized spacial score (nSPS) is 26.8. The monoisotopic (exact) mass is 411 g/mol. The van der Waals surface area contributed by atoms with Crippen LogP contribution in [0.4, 0.5) is 0 Å². The highest BCUT2D eigenvalue weighted by Crippen LogP contribution is 2.32. The number of carbonyl (C=O) groups is 2. The zero-order chi connectivity index (χ0) is 21.6. The van der Waals surface area contributed by atoms with E-state index in [4.69, 9.17) is 14.2 Å². The van der Waals surface area contributed by atoms with Crippen LogP contribution in [0.25, 0.3) is 6.08 Å². The summed E-state index contributed by atoms with van der Waals surface area (Å²) in [5, 5.41) is 32.3. The SMILES string of the molecule is COC(=O)/C=C/c1ccc(O[C@H]2O[C@@H](CO)[C@@H](O)[C@H](O)[C@H]2NC(C)=O)c(OC)c1. The fraction of sp³-hybridized carbons (Fsp3) is 0.474. The van der Waals surface area contributed by atoms with Crippen molar-refractivity contribution in [1.82, 2.24) is 5.32 Å². The van der Waals surface area contributed by atoms with Crippen molar-refractivity contribution in [2.24, 2.45) is 0 Å². The summed E-state index contributed by atoms with van der Waals surface area (Å²) in [7, 11) is 2.68. The molecule has 160 valence electrons. The number of ether oxygens (including phenoxy) is 4. The van der Waals surface area contributed by atoms with E-state index in [1.807, 2.05) is 0 Å². The van der Waals surface area contributed by atoms with Crippen molar-refractivity contribution in [2.75, 3.05) is 20.8 Å². The fourth-order valence-corrected chi connectivity index (χ4v) is 2.81. The van der Waals surface area contributed by atoms with Gasteiger partial charge < -0.3 is 39.6 Å². The van der Waals surface area contributed by atoms with Gasteiger partial charge in [-0.05, 0) is 23.8 Å². The van der Waals surface area contributed by atoms with Crippen LogP contribution in [0.15, 0.2) is 24.3 Å². The Balaban J connectivity index is 2.27. The Morgan fingerprint density at radius 1 is 1.21 bits per heavy atom. The molecule has 5 atom stereocenters. The summed E-state index contributed by atoms with van der Waals surface area (Å²) < 4.78 is 21.2. The van der Waals surface area contributed by atoms with Crippen LogP contribution in [0.3, 0.4) is 0 Å². The first kappa shape index (κ1) is 22.6. The van der Waals surface area contributed by atoms with Crippen LogP contribution in [-0.4, -0.2) is 78.7 Å². The lowest BCUT2D eigenvalue weighted by atomic mass is 9.97. The van der Waals surface area contributed by atoms with Gasteiger partial charge in [0.15, 0.2) is 11.5 Å². The Hall–Kier alpha value is -2.66. The van der Waals surface area contributed by atoms with Crippen LogP contribution in [0.1, 0.15) is 12.5 Å². The highest BCUT2D eigenvalue weighted by atomic mass is 16.7. The van der Waals surface area contributed by atoms with Crippen LogP contribution < -0.4 is 14.8 Å². The van der Waals surface area contributed by atoms with E-state index < -0.39 is 49.1 Å². The van der Waals surface area contributed by atoms with Gasteiger partial charge in [-0.15, -0.1) is 0 Å². The summed E-state index contributed by atoms with van der Waals surface area (Å²) in [5.74, 6) is -0.455. The zero-order valence-electron chi connectivity index (χ0n) is 16.3. The molecule has 4 N–H and O–H groups in total. The average Bonchev–Trinajstić information content (AvgIpc) is 2.71. The number of hydrogen-bond donors (Lipinski definition) is 4. The van der Waals surface area contributed by atoms with E-state index in [-0.39, 0.29) is 5.75 Å². The van der Waals surface area contributed by atoms with Crippen molar-refractivity contribution in [2.45, 2.75) is 37.6 Å². The predicted octanol–water partition coefficient (Wildman–Crippen LogP) is -0.796. The Labute approximate surface area is 167 Å². The first-order valence-electron chi connectivity index (χ1n) is 8.81. The lowest BCUT2D eigenvalue weighted by Gasteiger charge is -2.42. The summed E-state index contributed by atoms with van der Waals surface area (Å²) in [5.41, 5.74) is 0.631. The van der Waals surface area contributed by atoms with Gasteiger partial charge in [-0.3, -0.25) is 4.79 Å². The lowest BCUT2D eigenvalue weighted by Crippen LogP contribution is -2.65. The minimum atomic E-state index is -1.43. The van der Waals surface area contributed by atoms with Crippen molar-refractivity contribution in [3.05, 3.63) is 29.8 Å². The minimum Gasteiger partial charge on any atom is -0.493 e. The molecule has 1 aliphatic rings. The van der Waals surface area contributed by atoms with Gasteiger partial charge in [0, 0.05) is 13.0 Å². The van der Waals surface area contributed by atoms with Crippen LogP contribution in [0.5, 0.6) is 11.5 Å². The van der Waals surface area contributed by atoms with Gasteiger partial charge in [0.1, 0.15) is 24.4 Å². The molecule has 0 unspecified atom stereocenters. The molecule has 0 aliphatic carbocycles. The van der Waals surface area contributed by atoms with Crippen LogP contribution in [0.2, 0.25) is 0 Å². The molecule has 2 rings (SSSR count). The quantitative estimate of drug-likeness (QED) is 0.335. The molecular weight excluding hydrogens is 386 g/mol. The van der Waals surface area contributed by atoms with Crippen molar-refractivity contribution in [1.29, 1.82) is 0 Å². The number of methoxy groups -OCH3 is 2. The molecule has 1 fully saturated rings. The Morgan fingerprint density at radius 3 is 2.52 bits per heavy atom. The molecule has 0 spiro atoms. The summed E-state index contributed by atoms with van der Waals surface area (Å²) in [6.07, 6.45) is -2.38. The molecule has 1 heterocycles. The van der Waals surface area contributed by atoms with Gasteiger partial charge >= 0.3 is 5.97 Å². The third-order valence-electron chi connectivity index (χ3n) is 4.29. The fourth-order valence-electron chi connectivity index (χ4n) is 2.81. The molecule has 1 aromatic carbocycles. The topological polar surface area (TPSA) is 144 Å². The molecule has 29 heavy (non-hydrogen) atoms. The van der Waals surface area contributed by atoms with E-state index in [0.717, 1.165) is 0 Å². The van der Waals surface area contributed by atoms with Gasteiger partial charge in [-0.2, -0.15) is 0 Å². The predicted molar refractivity (Wildman–Crippen MR) is 100 cm³/mol. The maximum Gasteiger partial charge on any atom is 0.330 e. The number of aliphatic hydroxyl groups excluding tert-OH is 3. The number of aliphatic hydroxyl groups is 3. The van der Waals surface area contributed by atoms with E-state index in [2.05, 4.69) is 10.1 Å². The number of hydrogen-bond acceptors (Lipinski definition) is 9. The van der Waals surface area contributed by atoms with E-state index in [1.165, 1.54) is 33.3 Å². The average molecular weight is 411 g/mol. The maximum atomic E-state index is 11.5. The number of amides is 1. The van der Waals surface area contributed by atoms with Gasteiger partial charge in [-0.1, -0.05) is 6.07 Å². The van der Waals surface area contributed by atoms with Gasteiger partial charge in [0.2, 0.25) is 12.2 Å². The van der Waals surface area contributed by atoms with Crippen molar-refractivity contribution in [3.8, 4) is 11.5 Å². The molecule has 10 nitrogen and oxygen atoms in total. The number of rotatable bonds is 7. The van der Waals surface area contributed by atoms with E-state index in [1.54, 1.807) is 18.2 Å². The molecule has 1 amide bonds. The Morgan fingerprint density at radius 2 is 1.93 bits per heavy atom. The Bertz CT molecular complexity index is 751. The molecule has 0 aromatic heterocycles. The second-order valence-corrected chi connectivity index (χ2v) is 6.32. The second kappa shape index (κ2) is 10.2. The summed E-state index contributed by atoms with van der Waals surface area (Å²) in [6.45, 7) is 0.691. The third kappa shape index (κ3) is 5.67. The number of benzene rings is 1. The molecule has 0 radical (unpaired) electrons. The third-order valence-corrected chi connectivity index (χ3v) is 4.29. The molecule has 1 aliphatic heterocycles. The number of nitrogens with one attached hydrogen (secondary N) is 1. The van der Waals surface area contributed by atoms with Gasteiger partial charge in [0.05, 0.1) is 20.8 Å². The number of carbonyl (C=O) groups excluding carboxylic acids is 2. The van der Waals surface area contributed by atoms with Crippen LogP contribution in [0, 0.1) is 0 Å². The molecule has 0 bridgehead atoms. The molecular formula is C19H25NO9. The summed E-state index contributed by atoms with van der Waals surface area (Å²) in [6, 6.07) is 3.70. The molecule has 1 saturated heterocycles. The van der Waals surface area contributed by atoms with Gasteiger partial charge in [-0.25, -0.2) is 4.79 Å². The summed E-state index contributed by atoms with van der Waals surface area (Å²) in [4.78, 5) is 22.7. The maximum absolute atomic E-state index is 11.5. The highest BCUT2D eigenvalue weighted by Gasteiger charge is 2.46. The second-order valence-electron chi connectivity index (χ2n) is 6.32. The van der Waals surface area contributed by atoms with Crippen molar-refractivity contribution >= 4 is 18.0 Å². The van der Waals surface area contributed by atoms with Crippen LogP contribution >= 0.6 is 0 Å². The first-order chi connectivity index (χ1) is 13.8. The largest absolute Gasteiger partial charge is 0.493 e. The molecule has 0 saturated carbocycles. The molecule has 1 aromatic rings. The highest BCUT2D eigenvalue weighted by molar-refractivity contribution is 5.87. The van der Waals surface area contributed by atoms with E-state index in [9.17, 15) is 24.9 Å². The molecule has 10 heteroatoms. The Kier molecular flexibility index (Phi) is 7.97. The summed E-state index contributed by atoms with van der Waals surface area (Å²) >= 11 is 0.